The molecule has 0 radical (unpaired) electrons. The summed E-state index contributed by atoms with van der Waals surface area (Å²) in [6.07, 6.45) is 1.17. The largest absolute Gasteiger partial charge is 0.462 e. The number of pyridine rings is 1. The van der Waals surface area contributed by atoms with Crippen molar-refractivity contribution in [2.45, 2.75) is 13.8 Å². The maximum atomic E-state index is 14.0. The summed E-state index contributed by atoms with van der Waals surface area (Å²) < 4.78 is 19.1. The van der Waals surface area contributed by atoms with Gasteiger partial charge in [-0.2, -0.15) is 0 Å². The Balaban J connectivity index is 2.76. The molecule has 100 valence electrons. The Morgan fingerprint density at radius 1 is 1.53 bits per heavy atom. The molecule has 1 aromatic heterocycles. The van der Waals surface area contributed by atoms with Crippen LogP contribution >= 0.6 is 15.9 Å². The highest BCUT2D eigenvalue weighted by molar-refractivity contribution is 9.10. The van der Waals surface area contributed by atoms with E-state index in [9.17, 15) is 14.0 Å². The molecule has 0 bridgehead atoms. The van der Waals surface area contributed by atoms with Gasteiger partial charge in [0.1, 0.15) is 5.56 Å². The van der Waals surface area contributed by atoms with Crippen molar-refractivity contribution < 1.29 is 13.9 Å². The molecule has 1 N–H and O–H groups in total. The number of aromatic amines is 1. The summed E-state index contributed by atoms with van der Waals surface area (Å²) in [5, 5.41) is 0.128. The number of H-pyrrole nitrogens is 1. The highest BCUT2D eigenvalue weighted by Gasteiger charge is 2.17. The van der Waals surface area contributed by atoms with Crippen molar-refractivity contribution in [2.24, 2.45) is 0 Å². The predicted molar refractivity (Wildman–Crippen MR) is 72.9 cm³/mol. The summed E-state index contributed by atoms with van der Waals surface area (Å²) in [6.45, 7) is 3.49. The van der Waals surface area contributed by atoms with Gasteiger partial charge in [-0.25, -0.2) is 9.18 Å². The Hall–Kier alpha value is -1.69. The van der Waals surface area contributed by atoms with Crippen molar-refractivity contribution >= 4 is 32.8 Å². The molecule has 0 aliphatic rings. The SMILES string of the molecule is CCOC(=O)c1c[nH]c2c(F)c(Br)c(C)cc2c1=O. The fourth-order valence-electron chi connectivity index (χ4n) is 1.79. The second kappa shape index (κ2) is 5.13. The molecule has 6 heteroatoms. The molecule has 0 atom stereocenters. The summed E-state index contributed by atoms with van der Waals surface area (Å²) in [4.78, 5) is 26.4. The van der Waals surface area contributed by atoms with Crippen molar-refractivity contribution in [3.05, 3.63) is 43.9 Å². The van der Waals surface area contributed by atoms with Crippen LogP contribution in [0.5, 0.6) is 0 Å². The van der Waals surface area contributed by atoms with Crippen molar-refractivity contribution in [3.8, 4) is 0 Å². The molecule has 0 aliphatic carbocycles. The number of carbonyl (C=O) groups excluding carboxylic acids is 1. The van der Waals surface area contributed by atoms with Gasteiger partial charge in [-0.3, -0.25) is 4.79 Å². The average Bonchev–Trinajstić information content (AvgIpc) is 2.38. The van der Waals surface area contributed by atoms with E-state index in [0.717, 1.165) is 0 Å². The minimum absolute atomic E-state index is 0.0653. The second-order valence-corrected chi connectivity index (χ2v) is 4.79. The first-order chi connectivity index (χ1) is 8.97. The first-order valence-electron chi connectivity index (χ1n) is 5.64. The fourth-order valence-corrected chi connectivity index (χ4v) is 2.10. The number of aromatic nitrogens is 1. The Morgan fingerprint density at radius 2 is 2.21 bits per heavy atom. The van der Waals surface area contributed by atoms with E-state index >= 15 is 0 Å². The van der Waals surface area contributed by atoms with Gasteiger partial charge in [0.25, 0.3) is 0 Å². The number of nitrogens with one attached hydrogen (secondary N) is 1. The molecule has 2 aromatic rings. The first kappa shape index (κ1) is 13.7. The topological polar surface area (TPSA) is 59.2 Å². The van der Waals surface area contributed by atoms with E-state index in [0.29, 0.717) is 10.0 Å². The van der Waals surface area contributed by atoms with Crippen LogP contribution in [0.25, 0.3) is 10.9 Å². The van der Waals surface area contributed by atoms with Crippen molar-refractivity contribution in [2.75, 3.05) is 6.61 Å². The van der Waals surface area contributed by atoms with Gasteiger partial charge < -0.3 is 9.72 Å². The van der Waals surface area contributed by atoms with Crippen molar-refractivity contribution in [1.29, 1.82) is 0 Å². The van der Waals surface area contributed by atoms with Gasteiger partial charge >= 0.3 is 5.97 Å². The number of esters is 1. The quantitative estimate of drug-likeness (QED) is 0.863. The summed E-state index contributed by atoms with van der Waals surface area (Å²) in [5.41, 5.74) is -0.0239. The molecule has 4 nitrogen and oxygen atoms in total. The third-order valence-corrected chi connectivity index (χ3v) is 3.71. The van der Waals surface area contributed by atoms with Crippen molar-refractivity contribution in [1.82, 2.24) is 4.98 Å². The van der Waals surface area contributed by atoms with E-state index < -0.39 is 17.2 Å². The fraction of sp³-hybridized carbons (Fsp3) is 0.231. The summed E-state index contributed by atoms with van der Waals surface area (Å²) in [5.74, 6) is -1.27. The van der Waals surface area contributed by atoms with E-state index in [4.69, 9.17) is 4.74 Å². The minimum atomic E-state index is -0.716. The molecule has 0 amide bonds. The standard InChI is InChI=1S/C13H11BrFNO3/c1-3-19-13(18)8-5-16-11-7(12(8)17)4-6(2)9(14)10(11)15/h4-5H,3H2,1-2H3,(H,16,17). The monoisotopic (exact) mass is 327 g/mol. The number of hydrogen-bond donors (Lipinski definition) is 1. The Morgan fingerprint density at radius 3 is 2.84 bits per heavy atom. The van der Waals surface area contributed by atoms with E-state index in [1.165, 1.54) is 12.3 Å². The van der Waals surface area contributed by atoms with Crippen LogP contribution in [-0.2, 0) is 4.74 Å². The summed E-state index contributed by atoms with van der Waals surface area (Å²) in [7, 11) is 0. The van der Waals surface area contributed by atoms with Crippen LogP contribution in [0, 0.1) is 12.7 Å². The lowest BCUT2D eigenvalue weighted by Gasteiger charge is -2.07. The average molecular weight is 328 g/mol. The molecule has 19 heavy (non-hydrogen) atoms. The summed E-state index contributed by atoms with van der Waals surface area (Å²) in [6, 6.07) is 1.53. The van der Waals surface area contributed by atoms with Gasteiger partial charge in [0.15, 0.2) is 5.82 Å². The smallest absolute Gasteiger partial charge is 0.343 e. The third kappa shape index (κ3) is 2.28. The number of aryl methyl sites for hydroxylation is 1. The van der Waals surface area contributed by atoms with Gasteiger partial charge in [-0.1, -0.05) is 0 Å². The molecule has 2 rings (SSSR count). The molecule has 0 fully saturated rings. The first-order valence-corrected chi connectivity index (χ1v) is 6.43. The van der Waals surface area contributed by atoms with Gasteiger partial charge in [0.2, 0.25) is 5.43 Å². The highest BCUT2D eigenvalue weighted by Crippen LogP contribution is 2.25. The van der Waals surface area contributed by atoms with E-state index in [1.54, 1.807) is 13.8 Å². The van der Waals surface area contributed by atoms with Gasteiger partial charge in [-0.05, 0) is 41.4 Å². The Labute approximate surface area is 116 Å². The lowest BCUT2D eigenvalue weighted by atomic mass is 10.1. The third-order valence-electron chi connectivity index (χ3n) is 2.73. The molecule has 0 spiro atoms. The number of hydrogen-bond acceptors (Lipinski definition) is 3. The van der Waals surface area contributed by atoms with E-state index in [1.807, 2.05) is 0 Å². The number of halogens is 2. The van der Waals surface area contributed by atoms with Crippen LogP contribution in [0.15, 0.2) is 21.5 Å². The van der Waals surface area contributed by atoms with Gasteiger partial charge in [0.05, 0.1) is 16.6 Å². The van der Waals surface area contributed by atoms with Crippen LogP contribution in [0.4, 0.5) is 4.39 Å². The van der Waals surface area contributed by atoms with E-state index in [-0.39, 0.29) is 23.1 Å². The minimum Gasteiger partial charge on any atom is -0.462 e. The van der Waals surface area contributed by atoms with Gasteiger partial charge in [-0.15, -0.1) is 0 Å². The number of rotatable bonds is 2. The lowest BCUT2D eigenvalue weighted by molar-refractivity contribution is 0.0524. The number of carbonyl (C=O) groups is 1. The molecular formula is C13H11BrFNO3. The molecule has 0 unspecified atom stereocenters. The number of ether oxygens (including phenoxy) is 1. The Bertz CT molecular complexity index is 724. The zero-order valence-corrected chi connectivity index (χ0v) is 11.9. The zero-order chi connectivity index (χ0) is 14.2. The highest BCUT2D eigenvalue weighted by atomic mass is 79.9. The second-order valence-electron chi connectivity index (χ2n) is 4.00. The van der Waals surface area contributed by atoms with Crippen molar-refractivity contribution in [3.63, 3.8) is 0 Å². The maximum Gasteiger partial charge on any atom is 0.343 e. The number of fused-ring (bicyclic) bond motifs is 1. The van der Waals surface area contributed by atoms with E-state index in [2.05, 4.69) is 20.9 Å². The molecule has 0 aliphatic heterocycles. The Kier molecular flexibility index (Phi) is 3.71. The van der Waals surface area contributed by atoms with Gasteiger partial charge in [0, 0.05) is 11.6 Å². The molecule has 1 aromatic carbocycles. The summed E-state index contributed by atoms with van der Waals surface area (Å²) >= 11 is 3.11. The molecule has 1 heterocycles. The van der Waals surface area contributed by atoms with Crippen LogP contribution in [0.1, 0.15) is 22.8 Å². The molecular weight excluding hydrogens is 317 g/mol. The van der Waals surface area contributed by atoms with Crippen LogP contribution in [0.2, 0.25) is 0 Å². The van der Waals surface area contributed by atoms with Crippen LogP contribution in [0.3, 0.4) is 0 Å². The molecule has 0 saturated heterocycles. The number of benzene rings is 1. The lowest BCUT2D eigenvalue weighted by Crippen LogP contribution is -2.18. The zero-order valence-electron chi connectivity index (χ0n) is 10.3. The normalized spacial score (nSPS) is 10.7. The van der Waals surface area contributed by atoms with Crippen LogP contribution in [-0.4, -0.2) is 17.6 Å². The molecule has 0 saturated carbocycles. The predicted octanol–water partition coefficient (Wildman–Crippen LogP) is 2.91. The maximum absolute atomic E-state index is 14.0. The van der Waals surface area contributed by atoms with Crippen LogP contribution < -0.4 is 5.43 Å².